The molecule has 2 aromatic rings. The predicted molar refractivity (Wildman–Crippen MR) is 89.4 cm³/mol. The highest BCUT2D eigenvalue weighted by Gasteiger charge is 2.03. The molecule has 0 atom stereocenters. The summed E-state index contributed by atoms with van der Waals surface area (Å²) in [6.45, 7) is 1.77. The number of benzene rings is 1. The average Bonchev–Trinajstić information content (AvgIpc) is 2.86. The zero-order valence-electron chi connectivity index (χ0n) is 11.1. The molecule has 0 saturated carbocycles. The van der Waals surface area contributed by atoms with Gasteiger partial charge in [-0.1, -0.05) is 11.6 Å². The Morgan fingerprint density at radius 1 is 1.48 bits per heavy atom. The highest BCUT2D eigenvalue weighted by atomic mass is 79.9. The van der Waals surface area contributed by atoms with E-state index in [2.05, 4.69) is 26.5 Å². The summed E-state index contributed by atoms with van der Waals surface area (Å²) < 4.78 is 6.37. The second kappa shape index (κ2) is 7.59. The number of hydrogen-bond acceptors (Lipinski definition) is 4. The molecule has 4 nitrogen and oxygen atoms in total. The fourth-order valence-electron chi connectivity index (χ4n) is 1.45. The normalized spacial score (nSPS) is 10.8. The molecule has 0 saturated heterocycles. The van der Waals surface area contributed by atoms with Gasteiger partial charge in [0.1, 0.15) is 5.75 Å². The first-order valence-corrected chi connectivity index (χ1v) is 7.99. The van der Waals surface area contributed by atoms with Crippen LogP contribution in [0.15, 0.2) is 39.2 Å². The molecule has 0 aliphatic heterocycles. The van der Waals surface area contributed by atoms with Crippen molar-refractivity contribution in [3.8, 4) is 5.75 Å². The highest BCUT2D eigenvalue weighted by molar-refractivity contribution is 9.11. The molecule has 21 heavy (non-hydrogen) atoms. The largest absolute Gasteiger partial charge is 0.484 e. The lowest BCUT2D eigenvalue weighted by Crippen LogP contribution is -2.24. The molecule has 7 heteroatoms. The molecule has 1 N–H and O–H groups in total. The van der Waals surface area contributed by atoms with E-state index in [0.29, 0.717) is 10.8 Å². The van der Waals surface area contributed by atoms with Gasteiger partial charge in [-0.05, 0) is 58.7 Å². The first kappa shape index (κ1) is 16.0. The third-order valence-electron chi connectivity index (χ3n) is 2.47. The topological polar surface area (TPSA) is 50.7 Å². The summed E-state index contributed by atoms with van der Waals surface area (Å²) in [5, 5.41) is 4.53. The van der Waals surface area contributed by atoms with Crippen LogP contribution in [0.1, 0.15) is 10.4 Å². The van der Waals surface area contributed by atoms with Gasteiger partial charge in [-0.3, -0.25) is 4.79 Å². The second-order valence-electron chi connectivity index (χ2n) is 4.13. The minimum absolute atomic E-state index is 0.105. The lowest BCUT2D eigenvalue weighted by atomic mass is 10.2. The van der Waals surface area contributed by atoms with E-state index < -0.39 is 0 Å². The second-order valence-corrected chi connectivity index (χ2v) is 7.04. The van der Waals surface area contributed by atoms with Gasteiger partial charge in [0.05, 0.1) is 10.0 Å². The first-order chi connectivity index (χ1) is 10.0. The molecule has 1 heterocycles. The van der Waals surface area contributed by atoms with Crippen LogP contribution in [0.4, 0.5) is 0 Å². The molecule has 0 aliphatic carbocycles. The van der Waals surface area contributed by atoms with E-state index in [0.717, 1.165) is 14.2 Å². The van der Waals surface area contributed by atoms with Crippen LogP contribution >= 0.6 is 38.9 Å². The number of rotatable bonds is 5. The highest BCUT2D eigenvalue weighted by Crippen LogP contribution is 2.21. The van der Waals surface area contributed by atoms with E-state index in [1.54, 1.807) is 24.4 Å². The number of carbonyl (C=O) groups excluding carboxylic acids is 1. The molecule has 0 fully saturated rings. The summed E-state index contributed by atoms with van der Waals surface area (Å²) in [5.41, 5.74) is 3.31. The number of carbonyl (C=O) groups is 1. The summed E-state index contributed by atoms with van der Waals surface area (Å²) in [6, 6.07) is 9.05. The smallest absolute Gasteiger partial charge is 0.277 e. The van der Waals surface area contributed by atoms with Gasteiger partial charge in [-0.15, -0.1) is 11.3 Å². The Kier molecular flexibility index (Phi) is 5.78. The number of nitrogens with zero attached hydrogens (tertiary/aromatic N) is 1. The van der Waals surface area contributed by atoms with Gasteiger partial charge in [0.15, 0.2) is 6.61 Å². The van der Waals surface area contributed by atoms with E-state index in [9.17, 15) is 4.79 Å². The number of aryl methyl sites for hydroxylation is 1. The third kappa shape index (κ3) is 5.15. The van der Waals surface area contributed by atoms with E-state index in [4.69, 9.17) is 16.3 Å². The maximum absolute atomic E-state index is 11.6. The van der Waals surface area contributed by atoms with Crippen molar-refractivity contribution >= 4 is 51.0 Å². The van der Waals surface area contributed by atoms with Crippen molar-refractivity contribution in [3.05, 3.63) is 49.6 Å². The standard InChI is InChI=1S/C14H12BrClN2O2S/c1-9-6-10(2-4-12(9)16)20-8-14(19)18-17-7-11-3-5-13(15)21-11/h2-7H,8H2,1H3,(H,18,19). The monoisotopic (exact) mass is 386 g/mol. The molecule has 0 radical (unpaired) electrons. The summed E-state index contributed by atoms with van der Waals surface area (Å²) in [4.78, 5) is 12.5. The van der Waals surface area contributed by atoms with Crippen molar-refractivity contribution in [1.82, 2.24) is 5.43 Å². The fraction of sp³-hybridized carbons (Fsp3) is 0.143. The molecule has 1 aromatic heterocycles. The van der Waals surface area contributed by atoms with Crippen LogP contribution in [0, 0.1) is 6.92 Å². The zero-order chi connectivity index (χ0) is 15.2. The Morgan fingerprint density at radius 3 is 2.95 bits per heavy atom. The number of ether oxygens (including phenoxy) is 1. The van der Waals surface area contributed by atoms with Gasteiger partial charge in [0.2, 0.25) is 0 Å². The Hall–Kier alpha value is -1.37. The Morgan fingerprint density at radius 2 is 2.29 bits per heavy atom. The minimum Gasteiger partial charge on any atom is -0.484 e. The van der Waals surface area contributed by atoms with Crippen LogP contribution in [-0.2, 0) is 4.79 Å². The summed E-state index contributed by atoms with van der Waals surface area (Å²) >= 11 is 10.8. The van der Waals surface area contributed by atoms with E-state index in [-0.39, 0.29) is 12.5 Å². The number of halogens is 2. The molecule has 0 aliphatic rings. The molecular formula is C14H12BrClN2O2S. The Balaban J connectivity index is 1.79. The van der Waals surface area contributed by atoms with E-state index >= 15 is 0 Å². The van der Waals surface area contributed by atoms with Crippen molar-refractivity contribution < 1.29 is 9.53 Å². The quantitative estimate of drug-likeness (QED) is 0.623. The Bertz CT molecular complexity index is 673. The lowest BCUT2D eigenvalue weighted by Gasteiger charge is -2.06. The van der Waals surface area contributed by atoms with Gasteiger partial charge in [-0.2, -0.15) is 5.10 Å². The minimum atomic E-state index is -0.325. The molecule has 0 unspecified atom stereocenters. The van der Waals surface area contributed by atoms with Crippen molar-refractivity contribution in [2.45, 2.75) is 6.92 Å². The lowest BCUT2D eigenvalue weighted by molar-refractivity contribution is -0.123. The van der Waals surface area contributed by atoms with E-state index in [1.807, 2.05) is 19.1 Å². The van der Waals surface area contributed by atoms with Gasteiger partial charge in [0, 0.05) is 9.90 Å². The number of amides is 1. The molecule has 110 valence electrons. The van der Waals surface area contributed by atoms with Crippen LogP contribution < -0.4 is 10.2 Å². The number of hydrogen-bond donors (Lipinski definition) is 1. The van der Waals surface area contributed by atoms with Crippen LogP contribution in [-0.4, -0.2) is 18.7 Å². The van der Waals surface area contributed by atoms with Crippen LogP contribution in [0.5, 0.6) is 5.75 Å². The number of nitrogens with one attached hydrogen (secondary N) is 1. The maximum Gasteiger partial charge on any atom is 0.277 e. The fourth-order valence-corrected chi connectivity index (χ4v) is 2.87. The van der Waals surface area contributed by atoms with Gasteiger partial charge in [0.25, 0.3) is 5.91 Å². The van der Waals surface area contributed by atoms with Crippen molar-refractivity contribution in [1.29, 1.82) is 0 Å². The first-order valence-electron chi connectivity index (χ1n) is 6.01. The predicted octanol–water partition coefficient (Wildman–Crippen LogP) is 4.00. The maximum atomic E-state index is 11.6. The van der Waals surface area contributed by atoms with Gasteiger partial charge < -0.3 is 4.74 Å². The summed E-state index contributed by atoms with van der Waals surface area (Å²) in [5.74, 6) is 0.271. The molecule has 0 spiro atoms. The molecule has 2 rings (SSSR count). The summed E-state index contributed by atoms with van der Waals surface area (Å²) in [7, 11) is 0. The molecule has 0 bridgehead atoms. The van der Waals surface area contributed by atoms with Crippen LogP contribution in [0.25, 0.3) is 0 Å². The van der Waals surface area contributed by atoms with Crippen LogP contribution in [0.2, 0.25) is 5.02 Å². The molecule has 1 amide bonds. The molecular weight excluding hydrogens is 376 g/mol. The van der Waals surface area contributed by atoms with Gasteiger partial charge in [-0.25, -0.2) is 5.43 Å². The number of hydrazone groups is 1. The SMILES string of the molecule is Cc1cc(OCC(=O)NN=Cc2ccc(Br)s2)ccc1Cl. The average molecular weight is 388 g/mol. The third-order valence-corrected chi connectivity index (χ3v) is 4.46. The van der Waals surface area contributed by atoms with Crippen molar-refractivity contribution in [2.24, 2.45) is 5.10 Å². The van der Waals surface area contributed by atoms with Crippen LogP contribution in [0.3, 0.4) is 0 Å². The van der Waals surface area contributed by atoms with Gasteiger partial charge >= 0.3 is 0 Å². The Labute approximate surface area is 139 Å². The van der Waals surface area contributed by atoms with Crippen molar-refractivity contribution in [2.75, 3.05) is 6.61 Å². The number of thiophene rings is 1. The summed E-state index contributed by atoms with van der Waals surface area (Å²) in [6.07, 6.45) is 1.58. The zero-order valence-corrected chi connectivity index (χ0v) is 14.3. The van der Waals surface area contributed by atoms with Crippen molar-refractivity contribution in [3.63, 3.8) is 0 Å². The molecule has 1 aromatic carbocycles. The van der Waals surface area contributed by atoms with E-state index in [1.165, 1.54) is 11.3 Å².